The molecule has 2 atom stereocenters. The molecule has 0 amide bonds. The van der Waals surface area contributed by atoms with Crippen LogP contribution in [-0.4, -0.2) is 32.2 Å². The van der Waals surface area contributed by atoms with Crippen LogP contribution in [0.25, 0.3) is 0 Å². The molecular weight excluding hydrogens is 307 g/mol. The fourth-order valence-corrected chi connectivity index (χ4v) is 3.88. The quantitative estimate of drug-likeness (QED) is 0.939. The van der Waals surface area contributed by atoms with E-state index in [1.807, 2.05) is 12.1 Å². The molecule has 0 aliphatic carbocycles. The summed E-state index contributed by atoms with van der Waals surface area (Å²) in [7, 11) is 3.33. The van der Waals surface area contributed by atoms with Gasteiger partial charge in [-0.2, -0.15) is 0 Å². The molecular formula is C19H21FN2O2. The zero-order valence-electron chi connectivity index (χ0n) is 13.9. The SMILES string of the molecule is COc1cc2c(cc1OC)[C@H]1CN[C@@H](c3ccc(F)cc3)N1CC2. The highest BCUT2D eigenvalue weighted by Gasteiger charge is 2.38. The average Bonchev–Trinajstić information content (AvgIpc) is 3.05. The van der Waals surface area contributed by atoms with E-state index in [0.29, 0.717) is 6.04 Å². The van der Waals surface area contributed by atoms with E-state index in [0.717, 1.165) is 36.6 Å². The summed E-state index contributed by atoms with van der Waals surface area (Å²) in [5.41, 5.74) is 3.70. The van der Waals surface area contributed by atoms with Gasteiger partial charge in [-0.3, -0.25) is 10.2 Å². The summed E-state index contributed by atoms with van der Waals surface area (Å²) in [6.45, 7) is 1.83. The Labute approximate surface area is 141 Å². The number of hydrogen-bond donors (Lipinski definition) is 1. The maximum atomic E-state index is 13.2. The molecule has 4 rings (SSSR count). The van der Waals surface area contributed by atoms with Crippen molar-refractivity contribution in [1.29, 1.82) is 0 Å². The molecule has 2 aromatic carbocycles. The van der Waals surface area contributed by atoms with Gasteiger partial charge in [0, 0.05) is 19.1 Å². The third-order valence-electron chi connectivity index (χ3n) is 5.07. The van der Waals surface area contributed by atoms with E-state index in [4.69, 9.17) is 9.47 Å². The van der Waals surface area contributed by atoms with Gasteiger partial charge in [-0.1, -0.05) is 12.1 Å². The number of nitrogens with zero attached hydrogens (tertiary/aromatic N) is 1. The van der Waals surface area contributed by atoms with Crippen LogP contribution in [0, 0.1) is 5.82 Å². The third-order valence-corrected chi connectivity index (χ3v) is 5.07. The van der Waals surface area contributed by atoms with Crippen molar-refractivity contribution in [1.82, 2.24) is 10.2 Å². The fraction of sp³-hybridized carbons (Fsp3) is 0.368. The number of ether oxygens (including phenoxy) is 2. The largest absolute Gasteiger partial charge is 0.493 e. The number of methoxy groups -OCH3 is 2. The Morgan fingerprint density at radius 2 is 1.79 bits per heavy atom. The Balaban J connectivity index is 1.67. The van der Waals surface area contributed by atoms with Gasteiger partial charge >= 0.3 is 0 Å². The van der Waals surface area contributed by atoms with Gasteiger partial charge < -0.3 is 9.47 Å². The zero-order chi connectivity index (χ0) is 16.7. The van der Waals surface area contributed by atoms with Crippen LogP contribution in [0.1, 0.15) is 28.9 Å². The van der Waals surface area contributed by atoms with Crippen molar-refractivity contribution in [2.75, 3.05) is 27.3 Å². The Bertz CT molecular complexity index is 748. The van der Waals surface area contributed by atoms with Crippen molar-refractivity contribution in [2.45, 2.75) is 18.6 Å². The number of fused-ring (bicyclic) bond motifs is 3. The van der Waals surface area contributed by atoms with E-state index in [-0.39, 0.29) is 12.0 Å². The van der Waals surface area contributed by atoms with Crippen molar-refractivity contribution >= 4 is 0 Å². The molecule has 1 N–H and O–H groups in total. The van der Waals surface area contributed by atoms with Crippen LogP contribution < -0.4 is 14.8 Å². The summed E-state index contributed by atoms with van der Waals surface area (Å²) in [6.07, 6.45) is 1.09. The second-order valence-corrected chi connectivity index (χ2v) is 6.27. The molecule has 1 fully saturated rings. The number of hydrogen-bond acceptors (Lipinski definition) is 4. The summed E-state index contributed by atoms with van der Waals surface area (Å²) in [5, 5.41) is 3.57. The Hall–Kier alpha value is -2.11. The average molecular weight is 328 g/mol. The van der Waals surface area contributed by atoms with Crippen LogP contribution in [0.15, 0.2) is 36.4 Å². The molecule has 0 bridgehead atoms. The van der Waals surface area contributed by atoms with Crippen LogP contribution >= 0.6 is 0 Å². The van der Waals surface area contributed by atoms with Crippen molar-refractivity contribution in [3.8, 4) is 11.5 Å². The molecule has 126 valence electrons. The monoisotopic (exact) mass is 328 g/mol. The van der Waals surface area contributed by atoms with Crippen molar-refractivity contribution < 1.29 is 13.9 Å². The Morgan fingerprint density at radius 3 is 2.50 bits per heavy atom. The van der Waals surface area contributed by atoms with Gasteiger partial charge in [0.2, 0.25) is 0 Å². The number of rotatable bonds is 3. The molecule has 0 radical (unpaired) electrons. The van der Waals surface area contributed by atoms with E-state index < -0.39 is 0 Å². The summed E-state index contributed by atoms with van der Waals surface area (Å²) in [5.74, 6) is 1.35. The summed E-state index contributed by atoms with van der Waals surface area (Å²) in [4.78, 5) is 2.45. The van der Waals surface area contributed by atoms with Gasteiger partial charge in [0.05, 0.1) is 20.4 Å². The lowest BCUT2D eigenvalue weighted by Gasteiger charge is -2.35. The summed E-state index contributed by atoms with van der Waals surface area (Å²) >= 11 is 0. The van der Waals surface area contributed by atoms with Crippen molar-refractivity contribution in [3.63, 3.8) is 0 Å². The van der Waals surface area contributed by atoms with Crippen LogP contribution in [0.3, 0.4) is 0 Å². The number of benzene rings is 2. The first-order valence-corrected chi connectivity index (χ1v) is 8.20. The molecule has 1 saturated heterocycles. The van der Waals surface area contributed by atoms with Gasteiger partial charge in [0.1, 0.15) is 5.82 Å². The normalized spacial score (nSPS) is 22.8. The molecule has 2 heterocycles. The van der Waals surface area contributed by atoms with Gasteiger partial charge in [0.15, 0.2) is 11.5 Å². The van der Waals surface area contributed by atoms with E-state index in [9.17, 15) is 4.39 Å². The first-order chi connectivity index (χ1) is 11.7. The maximum Gasteiger partial charge on any atom is 0.161 e. The smallest absolute Gasteiger partial charge is 0.161 e. The van der Waals surface area contributed by atoms with Crippen LogP contribution in [0.5, 0.6) is 11.5 Å². The molecule has 2 aliphatic rings. The van der Waals surface area contributed by atoms with E-state index in [2.05, 4.69) is 22.3 Å². The van der Waals surface area contributed by atoms with E-state index in [1.54, 1.807) is 14.2 Å². The summed E-state index contributed by atoms with van der Waals surface area (Å²) in [6, 6.07) is 11.3. The first kappa shape index (κ1) is 15.4. The topological polar surface area (TPSA) is 33.7 Å². The standard InChI is InChI=1S/C19H21FN2O2/c1-23-17-9-13-7-8-22-16(15(13)10-18(17)24-2)11-21-19(22)12-3-5-14(20)6-4-12/h3-6,9-10,16,19,21H,7-8,11H2,1-2H3/t16-,19-/m1/s1. The molecule has 2 aromatic rings. The molecule has 0 saturated carbocycles. The van der Waals surface area contributed by atoms with Gasteiger partial charge in [-0.25, -0.2) is 4.39 Å². The predicted octanol–water partition coefficient (Wildman–Crippen LogP) is 3.04. The van der Waals surface area contributed by atoms with Crippen LogP contribution in [0.2, 0.25) is 0 Å². The molecule has 0 spiro atoms. The molecule has 2 aliphatic heterocycles. The second-order valence-electron chi connectivity index (χ2n) is 6.27. The van der Waals surface area contributed by atoms with Crippen LogP contribution in [-0.2, 0) is 6.42 Å². The minimum Gasteiger partial charge on any atom is -0.493 e. The zero-order valence-corrected chi connectivity index (χ0v) is 13.9. The maximum absolute atomic E-state index is 13.2. The molecule has 4 nitrogen and oxygen atoms in total. The molecule has 5 heteroatoms. The van der Waals surface area contributed by atoms with Crippen molar-refractivity contribution in [3.05, 3.63) is 58.9 Å². The van der Waals surface area contributed by atoms with Crippen molar-refractivity contribution in [2.24, 2.45) is 0 Å². The van der Waals surface area contributed by atoms with Crippen LogP contribution in [0.4, 0.5) is 4.39 Å². The lowest BCUT2D eigenvalue weighted by Crippen LogP contribution is -2.34. The fourth-order valence-electron chi connectivity index (χ4n) is 3.88. The van der Waals surface area contributed by atoms with E-state index in [1.165, 1.54) is 23.3 Å². The lowest BCUT2D eigenvalue weighted by atomic mass is 9.92. The molecule has 24 heavy (non-hydrogen) atoms. The summed E-state index contributed by atoms with van der Waals surface area (Å²) < 4.78 is 24.1. The Morgan fingerprint density at radius 1 is 1.08 bits per heavy atom. The van der Waals surface area contributed by atoms with Gasteiger partial charge in [0.25, 0.3) is 0 Å². The lowest BCUT2D eigenvalue weighted by molar-refractivity contribution is 0.180. The molecule has 0 unspecified atom stereocenters. The van der Waals surface area contributed by atoms with Gasteiger partial charge in [-0.05, 0) is 47.4 Å². The van der Waals surface area contributed by atoms with E-state index >= 15 is 0 Å². The predicted molar refractivity (Wildman–Crippen MR) is 89.8 cm³/mol. The number of nitrogens with one attached hydrogen (secondary N) is 1. The minimum atomic E-state index is -0.200. The highest BCUT2D eigenvalue weighted by molar-refractivity contribution is 5.50. The third kappa shape index (κ3) is 2.44. The van der Waals surface area contributed by atoms with Gasteiger partial charge in [-0.15, -0.1) is 0 Å². The number of halogens is 1. The first-order valence-electron chi connectivity index (χ1n) is 8.20. The minimum absolute atomic E-state index is 0.122. The highest BCUT2D eigenvalue weighted by atomic mass is 19.1. The second kappa shape index (κ2) is 6.07. The Kier molecular flexibility index (Phi) is 3.90. The molecule has 0 aromatic heterocycles. The highest BCUT2D eigenvalue weighted by Crippen LogP contribution is 2.43.